The van der Waals surface area contributed by atoms with Crippen LogP contribution in [0, 0.1) is 17.3 Å². The molecule has 0 bridgehead atoms. The van der Waals surface area contributed by atoms with Crippen LogP contribution in [0.3, 0.4) is 0 Å². The summed E-state index contributed by atoms with van der Waals surface area (Å²) in [4.78, 5) is 0. The molecule has 0 aromatic carbocycles. The molecule has 0 radical (unpaired) electrons. The summed E-state index contributed by atoms with van der Waals surface area (Å²) in [6, 6.07) is 0. The Labute approximate surface area is 78.1 Å². The van der Waals surface area contributed by atoms with Gasteiger partial charge < -0.3 is 0 Å². The maximum Gasteiger partial charge on any atom is -0.0290 e. The van der Waals surface area contributed by atoms with Gasteiger partial charge in [0.2, 0.25) is 0 Å². The first-order chi connectivity index (χ1) is 5.36. The molecule has 0 rings (SSSR count). The highest BCUT2D eigenvalue weighted by Crippen LogP contribution is 2.30. The van der Waals surface area contributed by atoms with E-state index in [0.717, 1.165) is 5.92 Å². The molecule has 0 atom stereocenters. The van der Waals surface area contributed by atoms with Gasteiger partial charge in [-0.15, -0.1) is 0 Å². The highest BCUT2D eigenvalue weighted by molar-refractivity contribution is 4.90. The first-order valence-electron chi connectivity index (χ1n) is 5.03. The van der Waals surface area contributed by atoms with Gasteiger partial charge >= 0.3 is 0 Å². The second kappa shape index (κ2) is 4.69. The van der Waals surface area contributed by atoms with E-state index >= 15 is 0 Å². The molecule has 0 nitrogen and oxygen atoms in total. The van der Waals surface area contributed by atoms with Gasteiger partial charge in [0.15, 0.2) is 0 Å². The summed E-state index contributed by atoms with van der Waals surface area (Å²) in [6.07, 6.45) is 5.82. The van der Waals surface area contributed by atoms with E-state index in [4.69, 9.17) is 0 Å². The van der Waals surface area contributed by atoms with Crippen LogP contribution in [0.5, 0.6) is 0 Å². The second-order valence-electron chi connectivity index (χ2n) is 5.02. The van der Waals surface area contributed by atoms with Crippen LogP contribution in [-0.2, 0) is 0 Å². The fraction of sp³-hybridized carbons (Fsp3) is 0.833. The van der Waals surface area contributed by atoms with Gasteiger partial charge in [-0.05, 0) is 23.7 Å². The molecule has 0 amide bonds. The summed E-state index contributed by atoms with van der Waals surface area (Å²) >= 11 is 0. The summed E-state index contributed by atoms with van der Waals surface area (Å²) in [6.45, 7) is 13.7. The van der Waals surface area contributed by atoms with Crippen LogP contribution in [0.1, 0.15) is 48.0 Å². The Hall–Kier alpha value is -0.260. The first kappa shape index (κ1) is 11.7. The van der Waals surface area contributed by atoms with Crippen LogP contribution >= 0.6 is 0 Å². The highest BCUT2D eigenvalue weighted by Gasteiger charge is 2.19. The van der Waals surface area contributed by atoms with E-state index in [1.54, 1.807) is 0 Å². The lowest BCUT2D eigenvalue weighted by Gasteiger charge is -2.27. The van der Waals surface area contributed by atoms with Crippen LogP contribution < -0.4 is 0 Å². The van der Waals surface area contributed by atoms with Gasteiger partial charge in [-0.2, -0.15) is 0 Å². The first-order valence-corrected chi connectivity index (χ1v) is 5.03. The molecule has 0 heteroatoms. The Kier molecular flexibility index (Phi) is 4.59. The van der Waals surface area contributed by atoms with Gasteiger partial charge in [0, 0.05) is 0 Å². The minimum atomic E-state index is 0.450. The van der Waals surface area contributed by atoms with Crippen molar-refractivity contribution >= 4 is 0 Å². The van der Waals surface area contributed by atoms with Crippen LogP contribution in [0.2, 0.25) is 0 Å². The van der Waals surface area contributed by atoms with E-state index < -0.39 is 0 Å². The molecule has 0 N–H and O–H groups in total. The molecule has 0 saturated heterocycles. The predicted octanol–water partition coefficient (Wildman–Crippen LogP) is 4.27. The van der Waals surface area contributed by atoms with Gasteiger partial charge in [0.05, 0.1) is 0 Å². The van der Waals surface area contributed by atoms with E-state index in [1.807, 2.05) is 0 Å². The minimum Gasteiger partial charge on any atom is -0.0877 e. The zero-order chi connectivity index (χ0) is 9.78. The zero-order valence-electron chi connectivity index (χ0n) is 9.52. The normalized spacial score (nSPS) is 13.7. The van der Waals surface area contributed by atoms with E-state index in [0.29, 0.717) is 11.3 Å². The number of rotatable bonds is 4. The van der Waals surface area contributed by atoms with Crippen molar-refractivity contribution in [2.75, 3.05) is 0 Å². The molecular formula is C12H24. The maximum atomic E-state index is 2.34. The van der Waals surface area contributed by atoms with Crippen molar-refractivity contribution in [3.05, 3.63) is 12.2 Å². The molecule has 0 aliphatic heterocycles. The van der Waals surface area contributed by atoms with Gasteiger partial charge in [-0.1, -0.05) is 53.7 Å². The quantitative estimate of drug-likeness (QED) is 0.550. The molecule has 0 heterocycles. The topological polar surface area (TPSA) is 0 Å². The summed E-state index contributed by atoms with van der Waals surface area (Å²) in [5.41, 5.74) is 0.450. The summed E-state index contributed by atoms with van der Waals surface area (Å²) in [5, 5.41) is 0. The van der Waals surface area contributed by atoms with Crippen molar-refractivity contribution < 1.29 is 0 Å². The molecule has 0 saturated carbocycles. The standard InChI is InChI=1S/C12H24/c1-10(2)8-7-9-12(5,6)11(3)4/h7-8,10-11H,9H2,1-6H3/b8-7+. The lowest BCUT2D eigenvalue weighted by Crippen LogP contribution is -2.17. The van der Waals surface area contributed by atoms with Crippen LogP contribution in [0.25, 0.3) is 0 Å². The molecule has 0 aliphatic carbocycles. The number of hydrogen-bond acceptors (Lipinski definition) is 0. The van der Waals surface area contributed by atoms with Crippen molar-refractivity contribution in [3.63, 3.8) is 0 Å². The Morgan fingerprint density at radius 2 is 1.58 bits per heavy atom. The third-order valence-corrected chi connectivity index (χ3v) is 2.73. The van der Waals surface area contributed by atoms with Crippen molar-refractivity contribution in [1.82, 2.24) is 0 Å². The fourth-order valence-corrected chi connectivity index (χ4v) is 0.880. The van der Waals surface area contributed by atoms with Crippen molar-refractivity contribution in [2.24, 2.45) is 17.3 Å². The van der Waals surface area contributed by atoms with E-state index in [9.17, 15) is 0 Å². The van der Waals surface area contributed by atoms with Gasteiger partial charge in [-0.25, -0.2) is 0 Å². The Morgan fingerprint density at radius 1 is 1.08 bits per heavy atom. The van der Waals surface area contributed by atoms with Crippen molar-refractivity contribution in [3.8, 4) is 0 Å². The molecule has 0 fully saturated rings. The highest BCUT2D eigenvalue weighted by atomic mass is 14.2. The number of allylic oxidation sites excluding steroid dienone is 2. The Bertz CT molecular complexity index is 138. The monoisotopic (exact) mass is 168 g/mol. The SMILES string of the molecule is CC(C)/C=C/CC(C)(C)C(C)C. The molecule has 0 aliphatic rings. The summed E-state index contributed by atoms with van der Waals surface area (Å²) < 4.78 is 0. The van der Waals surface area contributed by atoms with Crippen molar-refractivity contribution in [2.45, 2.75) is 48.0 Å². The maximum absolute atomic E-state index is 2.34. The van der Waals surface area contributed by atoms with Crippen molar-refractivity contribution in [1.29, 1.82) is 0 Å². The molecule has 0 aromatic rings. The molecule has 0 aromatic heterocycles. The average Bonchev–Trinajstić information content (AvgIpc) is 1.85. The van der Waals surface area contributed by atoms with Crippen LogP contribution in [0.4, 0.5) is 0 Å². The molecule has 0 unspecified atom stereocenters. The molecule has 0 spiro atoms. The smallest absolute Gasteiger partial charge is 0.0290 e. The summed E-state index contributed by atoms with van der Waals surface area (Å²) in [5.74, 6) is 1.45. The Morgan fingerprint density at radius 3 is 1.92 bits per heavy atom. The Balaban J connectivity index is 3.91. The van der Waals surface area contributed by atoms with Gasteiger partial charge in [0.1, 0.15) is 0 Å². The lowest BCUT2D eigenvalue weighted by molar-refractivity contribution is 0.253. The number of hydrogen-bond donors (Lipinski definition) is 0. The average molecular weight is 168 g/mol. The largest absolute Gasteiger partial charge is 0.0877 e. The molecule has 72 valence electrons. The minimum absolute atomic E-state index is 0.450. The van der Waals surface area contributed by atoms with Crippen LogP contribution in [0.15, 0.2) is 12.2 Å². The summed E-state index contributed by atoms with van der Waals surface area (Å²) in [7, 11) is 0. The lowest BCUT2D eigenvalue weighted by atomic mass is 9.78. The molecule has 12 heavy (non-hydrogen) atoms. The third-order valence-electron chi connectivity index (χ3n) is 2.73. The predicted molar refractivity (Wildman–Crippen MR) is 57.2 cm³/mol. The zero-order valence-corrected chi connectivity index (χ0v) is 9.52. The van der Waals surface area contributed by atoms with Gasteiger partial charge in [0.25, 0.3) is 0 Å². The fourth-order valence-electron chi connectivity index (χ4n) is 0.880. The molecular weight excluding hydrogens is 144 g/mol. The van der Waals surface area contributed by atoms with Crippen LogP contribution in [-0.4, -0.2) is 0 Å². The third kappa shape index (κ3) is 4.58. The van der Waals surface area contributed by atoms with Gasteiger partial charge in [-0.3, -0.25) is 0 Å². The van der Waals surface area contributed by atoms with E-state index in [-0.39, 0.29) is 0 Å². The van der Waals surface area contributed by atoms with E-state index in [2.05, 4.69) is 53.7 Å². The van der Waals surface area contributed by atoms with E-state index in [1.165, 1.54) is 6.42 Å². The second-order valence-corrected chi connectivity index (χ2v) is 5.02.